The van der Waals surface area contributed by atoms with Crippen LogP contribution in [-0.2, 0) is 0 Å². The summed E-state index contributed by atoms with van der Waals surface area (Å²) in [7, 11) is 0. The van der Waals surface area contributed by atoms with Gasteiger partial charge in [0, 0.05) is 6.20 Å². The summed E-state index contributed by atoms with van der Waals surface area (Å²) in [4.78, 5) is 4.01. The first-order valence-corrected chi connectivity index (χ1v) is 6.95. The van der Waals surface area contributed by atoms with Gasteiger partial charge < -0.3 is 0 Å². The SMILES string of the molecule is NNC(/C1=C/CCCCCC1)c1ccnc(Cl)c1. The molecule has 1 aromatic heterocycles. The topological polar surface area (TPSA) is 50.9 Å². The van der Waals surface area contributed by atoms with Gasteiger partial charge in [-0.25, -0.2) is 10.4 Å². The zero-order chi connectivity index (χ0) is 12.8. The summed E-state index contributed by atoms with van der Waals surface area (Å²) in [5.41, 5.74) is 5.37. The molecule has 0 saturated carbocycles. The first-order valence-electron chi connectivity index (χ1n) is 6.58. The van der Waals surface area contributed by atoms with E-state index in [1.54, 1.807) is 6.20 Å². The number of nitrogens with zero attached hydrogens (tertiary/aromatic N) is 1. The first-order chi connectivity index (χ1) is 8.81. The molecule has 0 spiro atoms. The fourth-order valence-electron chi connectivity index (χ4n) is 2.49. The normalized spacial score (nSPS) is 21.6. The van der Waals surface area contributed by atoms with Gasteiger partial charge in [0.25, 0.3) is 0 Å². The molecule has 0 bridgehead atoms. The molecule has 1 unspecified atom stereocenters. The standard InChI is InChI=1S/C14H20ClN3/c15-13-10-12(8-9-17-13)14(18-16)11-6-4-2-1-3-5-7-11/h6,8-10,14,18H,1-5,7,16H2/b11-6+. The van der Waals surface area contributed by atoms with Crippen LogP contribution < -0.4 is 11.3 Å². The van der Waals surface area contributed by atoms with Gasteiger partial charge >= 0.3 is 0 Å². The van der Waals surface area contributed by atoms with E-state index in [2.05, 4.69) is 16.5 Å². The molecule has 1 aliphatic rings. The molecule has 3 N–H and O–H groups in total. The average Bonchev–Trinajstić information content (AvgIpc) is 2.32. The maximum atomic E-state index is 5.94. The zero-order valence-corrected chi connectivity index (χ0v) is 11.3. The van der Waals surface area contributed by atoms with E-state index in [9.17, 15) is 0 Å². The molecule has 98 valence electrons. The number of pyridine rings is 1. The Balaban J connectivity index is 2.21. The van der Waals surface area contributed by atoms with E-state index in [1.165, 1.54) is 31.3 Å². The lowest BCUT2D eigenvalue weighted by Gasteiger charge is -2.22. The largest absolute Gasteiger partial charge is 0.271 e. The summed E-state index contributed by atoms with van der Waals surface area (Å²) < 4.78 is 0. The van der Waals surface area contributed by atoms with Gasteiger partial charge in [0.1, 0.15) is 5.15 Å². The van der Waals surface area contributed by atoms with Crippen LogP contribution in [0.4, 0.5) is 0 Å². The summed E-state index contributed by atoms with van der Waals surface area (Å²) in [6, 6.07) is 3.91. The molecule has 0 amide bonds. The predicted molar refractivity (Wildman–Crippen MR) is 75.1 cm³/mol. The Morgan fingerprint density at radius 2 is 2.11 bits per heavy atom. The highest BCUT2D eigenvalue weighted by Crippen LogP contribution is 2.28. The smallest absolute Gasteiger partial charge is 0.129 e. The maximum absolute atomic E-state index is 5.94. The molecule has 1 heterocycles. The van der Waals surface area contributed by atoms with Crippen molar-refractivity contribution in [1.82, 2.24) is 10.4 Å². The molecule has 0 fully saturated rings. The van der Waals surface area contributed by atoms with Gasteiger partial charge in [-0.15, -0.1) is 0 Å². The number of nitrogens with two attached hydrogens (primary N) is 1. The van der Waals surface area contributed by atoms with Crippen molar-refractivity contribution in [3.63, 3.8) is 0 Å². The minimum absolute atomic E-state index is 0.0589. The molecule has 3 nitrogen and oxygen atoms in total. The number of nitrogens with one attached hydrogen (secondary N) is 1. The minimum atomic E-state index is 0.0589. The van der Waals surface area contributed by atoms with Crippen LogP contribution in [0.25, 0.3) is 0 Å². The molecular formula is C14H20ClN3. The van der Waals surface area contributed by atoms with Crippen LogP contribution in [0.15, 0.2) is 30.0 Å². The van der Waals surface area contributed by atoms with Crippen molar-refractivity contribution in [3.05, 3.63) is 40.7 Å². The van der Waals surface area contributed by atoms with Gasteiger partial charge in [0.05, 0.1) is 6.04 Å². The Kier molecular flexibility index (Phi) is 5.17. The van der Waals surface area contributed by atoms with E-state index >= 15 is 0 Å². The molecule has 0 aliphatic heterocycles. The van der Waals surface area contributed by atoms with Crippen LogP contribution in [0.3, 0.4) is 0 Å². The van der Waals surface area contributed by atoms with E-state index in [-0.39, 0.29) is 6.04 Å². The molecule has 18 heavy (non-hydrogen) atoms. The lowest BCUT2D eigenvalue weighted by Crippen LogP contribution is -2.29. The van der Waals surface area contributed by atoms with E-state index < -0.39 is 0 Å². The Morgan fingerprint density at radius 3 is 2.89 bits per heavy atom. The van der Waals surface area contributed by atoms with Crippen LogP contribution in [-0.4, -0.2) is 4.98 Å². The fourth-order valence-corrected chi connectivity index (χ4v) is 2.68. The first kappa shape index (κ1) is 13.5. The van der Waals surface area contributed by atoms with Gasteiger partial charge in [-0.1, -0.05) is 36.1 Å². The number of hydrazine groups is 1. The maximum Gasteiger partial charge on any atom is 0.129 e. The van der Waals surface area contributed by atoms with Crippen LogP contribution >= 0.6 is 11.6 Å². The zero-order valence-electron chi connectivity index (χ0n) is 10.5. The van der Waals surface area contributed by atoms with Crippen LogP contribution in [0, 0.1) is 0 Å². The van der Waals surface area contributed by atoms with E-state index in [0.29, 0.717) is 5.15 Å². The number of allylic oxidation sites excluding steroid dienone is 1. The van der Waals surface area contributed by atoms with Crippen molar-refractivity contribution in [1.29, 1.82) is 0 Å². The summed E-state index contributed by atoms with van der Waals surface area (Å²) in [6.07, 6.45) is 11.5. The molecule has 1 aromatic rings. The van der Waals surface area contributed by atoms with Gasteiger partial charge in [0.2, 0.25) is 0 Å². The molecular weight excluding hydrogens is 246 g/mol. The van der Waals surface area contributed by atoms with Gasteiger partial charge in [-0.2, -0.15) is 0 Å². The summed E-state index contributed by atoms with van der Waals surface area (Å²) in [6.45, 7) is 0. The van der Waals surface area contributed by atoms with Gasteiger partial charge in [0.15, 0.2) is 0 Å². The molecule has 1 atom stereocenters. The van der Waals surface area contributed by atoms with Crippen molar-refractivity contribution in [2.45, 2.75) is 44.6 Å². The van der Waals surface area contributed by atoms with Gasteiger partial charge in [-0.05, 0) is 43.4 Å². The monoisotopic (exact) mass is 265 g/mol. The summed E-state index contributed by atoms with van der Waals surface area (Å²) in [5, 5.41) is 0.513. The molecule has 0 aromatic carbocycles. The molecule has 1 aliphatic carbocycles. The summed E-state index contributed by atoms with van der Waals surface area (Å²) >= 11 is 5.94. The number of hydrogen-bond acceptors (Lipinski definition) is 3. The Hall–Kier alpha value is -0.900. The Bertz CT molecular complexity index is 417. The highest BCUT2D eigenvalue weighted by atomic mass is 35.5. The molecule has 2 rings (SSSR count). The third kappa shape index (κ3) is 3.55. The average molecular weight is 266 g/mol. The highest BCUT2D eigenvalue weighted by Gasteiger charge is 2.16. The van der Waals surface area contributed by atoms with Crippen molar-refractivity contribution in [2.24, 2.45) is 5.84 Å². The second-order valence-corrected chi connectivity index (χ2v) is 5.13. The van der Waals surface area contributed by atoms with Crippen molar-refractivity contribution in [2.75, 3.05) is 0 Å². The lowest BCUT2D eigenvalue weighted by atomic mass is 9.92. The van der Waals surface area contributed by atoms with E-state index in [1.807, 2.05) is 12.1 Å². The molecule has 0 radical (unpaired) electrons. The van der Waals surface area contributed by atoms with Crippen LogP contribution in [0.5, 0.6) is 0 Å². The van der Waals surface area contributed by atoms with E-state index in [0.717, 1.165) is 18.4 Å². The van der Waals surface area contributed by atoms with Crippen LogP contribution in [0.2, 0.25) is 5.15 Å². The van der Waals surface area contributed by atoms with Crippen molar-refractivity contribution >= 4 is 11.6 Å². The molecule has 4 heteroatoms. The quantitative estimate of drug-likeness (QED) is 0.381. The number of halogens is 1. The minimum Gasteiger partial charge on any atom is -0.271 e. The lowest BCUT2D eigenvalue weighted by molar-refractivity contribution is 0.555. The number of aromatic nitrogens is 1. The molecule has 0 saturated heterocycles. The van der Waals surface area contributed by atoms with Gasteiger partial charge in [-0.3, -0.25) is 5.84 Å². The van der Waals surface area contributed by atoms with Crippen LogP contribution in [0.1, 0.15) is 50.1 Å². The Morgan fingerprint density at radius 1 is 1.28 bits per heavy atom. The van der Waals surface area contributed by atoms with Crippen molar-refractivity contribution in [3.8, 4) is 0 Å². The highest BCUT2D eigenvalue weighted by molar-refractivity contribution is 6.29. The number of rotatable bonds is 3. The fraction of sp³-hybridized carbons (Fsp3) is 0.500. The van der Waals surface area contributed by atoms with Crippen molar-refractivity contribution < 1.29 is 0 Å². The summed E-state index contributed by atoms with van der Waals surface area (Å²) in [5.74, 6) is 5.72. The Labute approximate surface area is 113 Å². The third-order valence-electron chi connectivity index (χ3n) is 3.45. The van der Waals surface area contributed by atoms with E-state index in [4.69, 9.17) is 17.4 Å². The number of hydrogen-bond donors (Lipinski definition) is 2. The predicted octanol–water partition coefficient (Wildman–Crippen LogP) is 3.52. The second kappa shape index (κ2) is 6.88. The third-order valence-corrected chi connectivity index (χ3v) is 3.65. The second-order valence-electron chi connectivity index (χ2n) is 4.74.